The normalized spacial score (nSPS) is 19.7. The van der Waals surface area contributed by atoms with Crippen LogP contribution < -0.4 is 11.1 Å². The summed E-state index contributed by atoms with van der Waals surface area (Å²) in [5.41, 5.74) is 4.49. The lowest BCUT2D eigenvalue weighted by molar-refractivity contribution is -0.125. The maximum Gasteiger partial charge on any atom is 0.410 e. The van der Waals surface area contributed by atoms with E-state index in [4.69, 9.17) is 10.5 Å². The molecule has 1 rings (SSSR count). The molecule has 0 unspecified atom stereocenters. The second-order valence-corrected chi connectivity index (χ2v) is 8.26. The summed E-state index contributed by atoms with van der Waals surface area (Å²) in [5.74, 6) is -0.159. The summed E-state index contributed by atoms with van der Waals surface area (Å²) in [5, 5.41) is 2.13. The summed E-state index contributed by atoms with van der Waals surface area (Å²) in [6, 6.07) is -1.26. The van der Waals surface area contributed by atoms with Crippen LogP contribution in [0.1, 0.15) is 54.4 Å². The lowest BCUT2D eigenvalue weighted by atomic mass is 9.95. The van der Waals surface area contributed by atoms with Gasteiger partial charge in [0.1, 0.15) is 5.60 Å². The number of likely N-dealkylation sites (tertiary alicyclic amines) is 1. The molecule has 26 heavy (non-hydrogen) atoms. The van der Waals surface area contributed by atoms with Crippen LogP contribution in [0.15, 0.2) is 0 Å². The Morgan fingerprint density at radius 2 is 1.88 bits per heavy atom. The molecule has 0 aliphatic carbocycles. The number of urea groups is 1. The zero-order chi connectivity index (χ0) is 20.1. The second kappa shape index (κ2) is 9.21. The van der Waals surface area contributed by atoms with Gasteiger partial charge in [0.2, 0.25) is 5.91 Å². The summed E-state index contributed by atoms with van der Waals surface area (Å²) >= 11 is 0. The Hall–Kier alpha value is -1.83. The van der Waals surface area contributed by atoms with E-state index in [0.29, 0.717) is 13.1 Å². The molecule has 150 valence electrons. The third kappa shape index (κ3) is 7.19. The SMILES string of the molecule is CC(C)N(C[C@@H]1CCCN([C@H](C)C(=O)NC(N)=O)C1)C(=O)OC(C)(C)C. The van der Waals surface area contributed by atoms with E-state index in [0.717, 1.165) is 19.4 Å². The van der Waals surface area contributed by atoms with Gasteiger partial charge in [-0.15, -0.1) is 0 Å². The van der Waals surface area contributed by atoms with E-state index in [1.54, 1.807) is 11.8 Å². The number of primary amides is 1. The van der Waals surface area contributed by atoms with Crippen molar-refractivity contribution in [1.82, 2.24) is 15.1 Å². The van der Waals surface area contributed by atoms with E-state index in [1.165, 1.54) is 0 Å². The van der Waals surface area contributed by atoms with Crippen molar-refractivity contribution in [3.05, 3.63) is 0 Å². The molecule has 1 aliphatic rings. The van der Waals surface area contributed by atoms with Crippen molar-refractivity contribution < 1.29 is 19.1 Å². The van der Waals surface area contributed by atoms with Gasteiger partial charge in [-0.05, 0) is 66.8 Å². The largest absolute Gasteiger partial charge is 0.444 e. The molecule has 3 N–H and O–H groups in total. The highest BCUT2D eigenvalue weighted by Crippen LogP contribution is 2.22. The number of carbonyl (C=O) groups is 3. The molecule has 0 aromatic rings. The molecule has 8 nitrogen and oxygen atoms in total. The van der Waals surface area contributed by atoms with Crippen LogP contribution in [0, 0.1) is 5.92 Å². The van der Waals surface area contributed by atoms with Gasteiger partial charge in [-0.2, -0.15) is 0 Å². The molecule has 1 heterocycles. The number of hydrogen-bond acceptors (Lipinski definition) is 5. The molecule has 0 saturated carbocycles. The Kier molecular flexibility index (Phi) is 7.87. The average molecular weight is 370 g/mol. The highest BCUT2D eigenvalue weighted by atomic mass is 16.6. The quantitative estimate of drug-likeness (QED) is 0.769. The Morgan fingerprint density at radius 3 is 2.38 bits per heavy atom. The minimum absolute atomic E-state index is 0.0239. The van der Waals surface area contributed by atoms with E-state index in [2.05, 4.69) is 5.32 Å². The maximum absolute atomic E-state index is 12.5. The van der Waals surface area contributed by atoms with Crippen LogP contribution in [-0.4, -0.2) is 65.2 Å². The van der Waals surface area contributed by atoms with E-state index in [9.17, 15) is 14.4 Å². The number of nitrogens with one attached hydrogen (secondary N) is 1. The van der Waals surface area contributed by atoms with Crippen LogP contribution in [0.4, 0.5) is 9.59 Å². The molecule has 0 bridgehead atoms. The zero-order valence-corrected chi connectivity index (χ0v) is 16.9. The van der Waals surface area contributed by atoms with Crippen molar-refractivity contribution in [1.29, 1.82) is 0 Å². The fourth-order valence-corrected chi connectivity index (χ4v) is 3.08. The predicted molar refractivity (Wildman–Crippen MR) is 99.6 cm³/mol. The first kappa shape index (κ1) is 22.2. The Bertz CT molecular complexity index is 516. The van der Waals surface area contributed by atoms with Crippen molar-refractivity contribution in [3.63, 3.8) is 0 Å². The van der Waals surface area contributed by atoms with E-state index in [-0.39, 0.29) is 18.1 Å². The third-order valence-corrected chi connectivity index (χ3v) is 4.43. The lowest BCUT2D eigenvalue weighted by Gasteiger charge is -2.39. The Balaban J connectivity index is 2.71. The van der Waals surface area contributed by atoms with Gasteiger partial charge < -0.3 is 15.4 Å². The van der Waals surface area contributed by atoms with Gasteiger partial charge in [-0.3, -0.25) is 15.0 Å². The molecule has 1 fully saturated rings. The predicted octanol–water partition coefficient (Wildman–Crippen LogP) is 1.93. The molecule has 8 heteroatoms. The zero-order valence-electron chi connectivity index (χ0n) is 16.9. The summed E-state index contributed by atoms with van der Waals surface area (Å²) in [4.78, 5) is 39.2. The van der Waals surface area contributed by atoms with Crippen LogP contribution in [-0.2, 0) is 9.53 Å². The van der Waals surface area contributed by atoms with Gasteiger partial charge in [0.05, 0.1) is 6.04 Å². The van der Waals surface area contributed by atoms with Crippen molar-refractivity contribution >= 4 is 18.0 Å². The standard InChI is InChI=1S/C18H34N4O4/c1-12(2)22(17(25)26-18(4,5)6)11-14-8-7-9-21(10-14)13(3)15(23)20-16(19)24/h12-14H,7-11H2,1-6H3,(H3,19,20,23,24)/t13-,14-/m1/s1. The first-order valence-corrected chi connectivity index (χ1v) is 9.24. The van der Waals surface area contributed by atoms with E-state index in [1.807, 2.05) is 39.5 Å². The Morgan fingerprint density at radius 1 is 1.27 bits per heavy atom. The number of nitrogens with zero attached hydrogens (tertiary/aromatic N) is 2. The van der Waals surface area contributed by atoms with Crippen molar-refractivity contribution in [2.24, 2.45) is 11.7 Å². The van der Waals surface area contributed by atoms with Gasteiger partial charge in [0.15, 0.2) is 0 Å². The van der Waals surface area contributed by atoms with Crippen LogP contribution in [0.5, 0.6) is 0 Å². The summed E-state index contributed by atoms with van der Waals surface area (Å²) in [6.07, 6.45) is 1.59. The number of hydrogen-bond donors (Lipinski definition) is 2. The average Bonchev–Trinajstić information content (AvgIpc) is 2.49. The molecule has 0 spiro atoms. The second-order valence-electron chi connectivity index (χ2n) is 8.26. The van der Waals surface area contributed by atoms with Crippen LogP contribution in [0.3, 0.4) is 0 Å². The highest BCUT2D eigenvalue weighted by molar-refractivity contribution is 5.96. The number of carbonyl (C=O) groups excluding carboxylic acids is 3. The molecule has 2 atom stereocenters. The fraction of sp³-hybridized carbons (Fsp3) is 0.833. The van der Waals surface area contributed by atoms with Crippen LogP contribution in [0.2, 0.25) is 0 Å². The minimum atomic E-state index is -0.841. The molecule has 0 radical (unpaired) electrons. The minimum Gasteiger partial charge on any atom is -0.444 e. The first-order chi connectivity index (χ1) is 11.9. The fourth-order valence-electron chi connectivity index (χ4n) is 3.08. The van der Waals surface area contributed by atoms with Crippen LogP contribution >= 0.6 is 0 Å². The number of amides is 4. The third-order valence-electron chi connectivity index (χ3n) is 4.43. The summed E-state index contributed by atoms with van der Waals surface area (Å²) < 4.78 is 5.52. The molecule has 4 amide bonds. The number of piperidine rings is 1. The summed E-state index contributed by atoms with van der Waals surface area (Å²) in [6.45, 7) is 13.3. The Labute approximate surface area is 156 Å². The number of nitrogens with two attached hydrogens (primary N) is 1. The van der Waals surface area contributed by atoms with Crippen molar-refractivity contribution in [2.75, 3.05) is 19.6 Å². The van der Waals surface area contributed by atoms with E-state index < -0.39 is 23.6 Å². The maximum atomic E-state index is 12.5. The first-order valence-electron chi connectivity index (χ1n) is 9.24. The molecule has 1 saturated heterocycles. The number of rotatable bonds is 5. The topological polar surface area (TPSA) is 105 Å². The lowest BCUT2D eigenvalue weighted by Crippen LogP contribution is -2.53. The van der Waals surface area contributed by atoms with E-state index >= 15 is 0 Å². The number of imide groups is 1. The number of ether oxygens (including phenoxy) is 1. The van der Waals surface area contributed by atoms with Crippen molar-refractivity contribution in [3.8, 4) is 0 Å². The van der Waals surface area contributed by atoms with Crippen molar-refractivity contribution in [2.45, 2.75) is 72.1 Å². The van der Waals surface area contributed by atoms with Gasteiger partial charge >= 0.3 is 12.1 Å². The molecule has 1 aliphatic heterocycles. The van der Waals surface area contributed by atoms with Crippen LogP contribution in [0.25, 0.3) is 0 Å². The van der Waals surface area contributed by atoms with Gasteiger partial charge in [0, 0.05) is 19.1 Å². The smallest absolute Gasteiger partial charge is 0.410 e. The summed E-state index contributed by atoms with van der Waals surface area (Å²) in [7, 11) is 0. The molecule has 0 aromatic carbocycles. The molecular weight excluding hydrogens is 336 g/mol. The molecule has 0 aromatic heterocycles. The molecular formula is C18H34N4O4. The highest BCUT2D eigenvalue weighted by Gasteiger charge is 2.31. The van der Waals surface area contributed by atoms with Gasteiger partial charge in [-0.1, -0.05) is 0 Å². The monoisotopic (exact) mass is 370 g/mol. The van der Waals surface area contributed by atoms with Gasteiger partial charge in [-0.25, -0.2) is 9.59 Å². The van der Waals surface area contributed by atoms with Gasteiger partial charge in [0.25, 0.3) is 0 Å².